The van der Waals surface area contributed by atoms with Crippen LogP contribution in [0.25, 0.3) is 11.3 Å². The summed E-state index contributed by atoms with van der Waals surface area (Å²) in [5.74, 6) is -1.57. The summed E-state index contributed by atoms with van der Waals surface area (Å²) in [5, 5.41) is 19.9. The summed E-state index contributed by atoms with van der Waals surface area (Å²) in [4.78, 5) is 73.1. The zero-order valence-electron chi connectivity index (χ0n) is 29.8. The Hall–Kier alpha value is -5.86. The first-order valence-corrected chi connectivity index (χ1v) is 17.4. The van der Waals surface area contributed by atoms with E-state index in [-0.39, 0.29) is 63.0 Å². The molecule has 0 bridgehead atoms. The molecule has 1 aliphatic heterocycles. The Morgan fingerprint density at radius 1 is 0.923 bits per heavy atom. The van der Waals surface area contributed by atoms with E-state index in [1.807, 2.05) is 74.5 Å². The summed E-state index contributed by atoms with van der Waals surface area (Å²) < 4.78 is 6.87. The van der Waals surface area contributed by atoms with Gasteiger partial charge < -0.3 is 30.7 Å². The zero-order chi connectivity index (χ0) is 37.2. The fraction of sp³-hybridized carbons (Fsp3) is 0.405. The summed E-state index contributed by atoms with van der Waals surface area (Å²) in [5.41, 5.74) is 2.11. The van der Waals surface area contributed by atoms with Gasteiger partial charge in [-0.1, -0.05) is 79.7 Å². The van der Waals surface area contributed by atoms with Crippen molar-refractivity contribution in [2.75, 3.05) is 19.6 Å². The van der Waals surface area contributed by atoms with E-state index in [1.54, 1.807) is 19.9 Å². The second kappa shape index (κ2) is 17.4. The average molecular weight is 712 g/mol. The molecule has 15 heteroatoms. The number of aryl methyl sites for hydroxylation is 1. The lowest BCUT2D eigenvalue weighted by atomic mass is 10.0. The van der Waals surface area contributed by atoms with Crippen LogP contribution in [-0.4, -0.2) is 86.1 Å². The van der Waals surface area contributed by atoms with Crippen molar-refractivity contribution >= 4 is 29.5 Å². The van der Waals surface area contributed by atoms with Gasteiger partial charge >= 0.3 is 0 Å². The number of carbonyl (C=O) groups excluding carboxylic acids is 5. The molecule has 0 saturated heterocycles. The predicted octanol–water partition coefficient (Wildman–Crippen LogP) is 2.34. The fourth-order valence-corrected chi connectivity index (χ4v) is 5.88. The minimum Gasteiger partial charge on any atom is -0.353 e. The molecule has 4 aromatic rings. The fourth-order valence-electron chi connectivity index (χ4n) is 5.88. The molecule has 5 rings (SSSR count). The first-order valence-electron chi connectivity index (χ1n) is 17.4. The molecule has 5 amide bonds. The van der Waals surface area contributed by atoms with E-state index < -0.39 is 41.8 Å². The van der Waals surface area contributed by atoms with Crippen LogP contribution in [0.1, 0.15) is 67.4 Å². The molecule has 0 aliphatic carbocycles. The molecule has 0 unspecified atom stereocenters. The summed E-state index contributed by atoms with van der Waals surface area (Å²) in [7, 11) is 0. The number of hydrogen-bond acceptors (Lipinski definition) is 9. The second-order valence-electron chi connectivity index (χ2n) is 13.1. The van der Waals surface area contributed by atoms with Crippen molar-refractivity contribution in [3.63, 3.8) is 0 Å². The van der Waals surface area contributed by atoms with Crippen LogP contribution in [0.15, 0.2) is 71.3 Å². The largest absolute Gasteiger partial charge is 0.353 e. The Morgan fingerprint density at radius 2 is 1.63 bits per heavy atom. The molecule has 274 valence electrons. The van der Waals surface area contributed by atoms with Crippen LogP contribution in [0.3, 0.4) is 0 Å². The second-order valence-corrected chi connectivity index (χ2v) is 13.1. The number of amides is 5. The summed E-state index contributed by atoms with van der Waals surface area (Å²) in [6.07, 6.45) is 0.467. The Labute approximate surface area is 301 Å². The number of aromatic nitrogens is 4. The Balaban J connectivity index is 1.39. The van der Waals surface area contributed by atoms with Gasteiger partial charge in [0, 0.05) is 44.1 Å². The van der Waals surface area contributed by atoms with Gasteiger partial charge in [0.15, 0.2) is 5.82 Å². The van der Waals surface area contributed by atoms with Gasteiger partial charge in [0.2, 0.25) is 29.4 Å². The number of nitrogens with zero attached hydrogens (tertiary/aromatic N) is 5. The van der Waals surface area contributed by atoms with Gasteiger partial charge in [-0.25, -0.2) is 9.67 Å². The highest BCUT2D eigenvalue weighted by molar-refractivity contribution is 5.93. The molecule has 52 heavy (non-hydrogen) atoms. The molecule has 0 fully saturated rings. The molecule has 1 aliphatic rings. The Kier molecular flexibility index (Phi) is 12.5. The van der Waals surface area contributed by atoms with Crippen molar-refractivity contribution in [2.45, 2.75) is 71.6 Å². The minimum absolute atomic E-state index is 0.0118. The van der Waals surface area contributed by atoms with E-state index in [4.69, 9.17) is 4.52 Å². The van der Waals surface area contributed by atoms with Crippen LogP contribution in [0.2, 0.25) is 0 Å². The third-order valence-electron chi connectivity index (χ3n) is 8.64. The zero-order valence-corrected chi connectivity index (χ0v) is 29.8. The summed E-state index contributed by atoms with van der Waals surface area (Å²) >= 11 is 0. The minimum atomic E-state index is -0.986. The molecular weight excluding hydrogens is 666 g/mol. The maximum Gasteiger partial charge on any atom is 0.292 e. The molecule has 0 saturated carbocycles. The Bertz CT molecular complexity index is 1860. The monoisotopic (exact) mass is 711 g/mol. The third kappa shape index (κ3) is 9.89. The average Bonchev–Trinajstić information content (AvgIpc) is 3.76. The molecular formula is C37H45N9O6. The standard InChI is InChI=1S/C37H45N9O6/c1-23(2)33-34-40-25(4)43-46(34)22-32(48)38-17-19-45(37(51)30-21-28(44-52-30)27-14-9-6-10-15-27)18-11-16-31(47)39-24(3)35(49)41-29(36(50)42-33)20-26-12-7-5-8-13-26/h5-10,12-15,21,23-24,29,33H,11,16-20,22H2,1-4H3,(H,38,48)(H,39,47)(H,41,49)(H,42,50)/t24-,29+,33-/m0/s1. The van der Waals surface area contributed by atoms with Gasteiger partial charge in [0.05, 0.1) is 6.04 Å². The normalized spacial score (nSPS) is 19.9. The van der Waals surface area contributed by atoms with E-state index in [2.05, 4.69) is 36.5 Å². The number of hydrogen-bond donors (Lipinski definition) is 4. The van der Waals surface area contributed by atoms with Crippen molar-refractivity contribution in [3.8, 4) is 11.3 Å². The van der Waals surface area contributed by atoms with Crippen molar-refractivity contribution in [2.24, 2.45) is 5.92 Å². The van der Waals surface area contributed by atoms with Gasteiger partial charge in [-0.2, -0.15) is 5.10 Å². The molecule has 15 nitrogen and oxygen atoms in total. The lowest BCUT2D eigenvalue weighted by molar-refractivity contribution is -0.132. The highest BCUT2D eigenvalue weighted by Gasteiger charge is 2.31. The number of carbonyl (C=O) groups is 5. The highest BCUT2D eigenvalue weighted by Crippen LogP contribution is 2.22. The van der Waals surface area contributed by atoms with Crippen molar-refractivity contribution in [1.29, 1.82) is 0 Å². The van der Waals surface area contributed by atoms with E-state index in [0.29, 0.717) is 17.3 Å². The maximum absolute atomic E-state index is 13.9. The van der Waals surface area contributed by atoms with Crippen LogP contribution >= 0.6 is 0 Å². The van der Waals surface area contributed by atoms with E-state index in [9.17, 15) is 24.0 Å². The predicted molar refractivity (Wildman–Crippen MR) is 190 cm³/mol. The van der Waals surface area contributed by atoms with Gasteiger partial charge in [-0.15, -0.1) is 0 Å². The van der Waals surface area contributed by atoms with Crippen LogP contribution in [0.5, 0.6) is 0 Å². The quantitative estimate of drug-likeness (QED) is 0.241. The van der Waals surface area contributed by atoms with Crippen molar-refractivity contribution in [3.05, 3.63) is 89.7 Å². The van der Waals surface area contributed by atoms with Gasteiger partial charge in [-0.3, -0.25) is 24.0 Å². The van der Waals surface area contributed by atoms with Crippen LogP contribution in [-0.2, 0) is 32.1 Å². The smallest absolute Gasteiger partial charge is 0.292 e. The van der Waals surface area contributed by atoms with Crippen LogP contribution < -0.4 is 21.3 Å². The maximum atomic E-state index is 13.9. The molecule has 2 aromatic heterocycles. The SMILES string of the molecule is Cc1nc2n(n1)CC(=O)NCCN(C(=O)c1cc(-c3ccccc3)no1)CCCC(=O)N[C@@H](C)C(=O)N[C@H](Cc1ccccc1)C(=O)N[C@H]2C(C)C. The number of nitrogens with one attached hydrogen (secondary N) is 4. The van der Waals surface area contributed by atoms with Gasteiger partial charge in [0.25, 0.3) is 5.91 Å². The van der Waals surface area contributed by atoms with E-state index in [1.165, 1.54) is 9.58 Å². The molecule has 2 aromatic carbocycles. The lowest BCUT2D eigenvalue weighted by Crippen LogP contribution is -2.54. The summed E-state index contributed by atoms with van der Waals surface area (Å²) in [6.45, 7) is 7.24. The first-order chi connectivity index (χ1) is 25.0. The molecule has 0 spiro atoms. The first kappa shape index (κ1) is 37.4. The van der Waals surface area contributed by atoms with Crippen molar-refractivity contribution < 1.29 is 28.5 Å². The summed E-state index contributed by atoms with van der Waals surface area (Å²) in [6, 6.07) is 17.5. The highest BCUT2D eigenvalue weighted by atomic mass is 16.5. The lowest BCUT2D eigenvalue weighted by Gasteiger charge is -2.27. The van der Waals surface area contributed by atoms with E-state index >= 15 is 0 Å². The molecule has 3 atom stereocenters. The van der Waals surface area contributed by atoms with Crippen LogP contribution in [0, 0.1) is 12.8 Å². The molecule has 3 heterocycles. The van der Waals surface area contributed by atoms with E-state index in [0.717, 1.165) is 11.1 Å². The molecule has 4 N–H and O–H groups in total. The van der Waals surface area contributed by atoms with Crippen molar-refractivity contribution in [1.82, 2.24) is 46.1 Å². The van der Waals surface area contributed by atoms with Gasteiger partial charge in [0.1, 0.15) is 30.1 Å². The third-order valence-corrected chi connectivity index (χ3v) is 8.64. The molecule has 0 radical (unpaired) electrons. The number of rotatable bonds is 5. The topological polar surface area (TPSA) is 193 Å². The number of benzene rings is 2. The van der Waals surface area contributed by atoms with Crippen LogP contribution in [0.4, 0.5) is 0 Å². The van der Waals surface area contributed by atoms with Gasteiger partial charge in [-0.05, 0) is 31.7 Å². The number of fused-ring (bicyclic) bond motifs is 1. The Morgan fingerprint density at radius 3 is 2.35 bits per heavy atom.